The Labute approximate surface area is 258 Å². The Morgan fingerprint density at radius 2 is 1.67 bits per heavy atom. The molecule has 2 fully saturated rings. The molecule has 232 valence electrons. The number of amides is 1. The second kappa shape index (κ2) is 11.5. The van der Waals surface area contributed by atoms with E-state index in [9.17, 15) is 9.59 Å². The van der Waals surface area contributed by atoms with Crippen molar-refractivity contribution in [2.45, 2.75) is 12.8 Å². The highest BCUT2D eigenvalue weighted by Gasteiger charge is 2.30. The molecule has 3 aromatic carbocycles. The number of aromatic nitrogens is 1. The highest BCUT2D eigenvalue weighted by Crippen LogP contribution is 2.47. The number of nitrogens with zero attached hydrogens (tertiary/aromatic N) is 3. The molecule has 1 amide bonds. The number of rotatable bonds is 8. The zero-order chi connectivity index (χ0) is 30.5. The molecule has 5 heterocycles. The molecule has 0 saturated carbocycles. The first kappa shape index (κ1) is 28.1. The minimum atomic E-state index is -0.618. The molecule has 8 rings (SSSR count). The van der Waals surface area contributed by atoms with E-state index in [1.807, 2.05) is 36.4 Å². The summed E-state index contributed by atoms with van der Waals surface area (Å²) < 4.78 is 35.7. The van der Waals surface area contributed by atoms with Crippen molar-refractivity contribution >= 4 is 44.4 Å². The number of furan rings is 1. The van der Waals surface area contributed by atoms with E-state index in [-0.39, 0.29) is 22.4 Å². The molecule has 5 aromatic rings. The van der Waals surface area contributed by atoms with E-state index in [1.54, 1.807) is 10.8 Å². The number of carbonyl (C=O) groups excluding carboxylic acids is 1. The molecule has 0 spiro atoms. The van der Waals surface area contributed by atoms with Crippen LogP contribution < -0.4 is 20.8 Å². The standard InChI is InChI=1S/C34H34FN5O5/c35-25-17-23-31-33(30(25)36-7-11-39-13-15-43-16-14-39)45-29-18-22-21-5-1-2-6-27(21)44-28(22)19-26(29)40(31)20-24(32(23)41)34(42)37-8-12-38-9-3-4-10-38/h1-2,5-6,17-20,36H,3-4,7-16H2,(H,37,42). The van der Waals surface area contributed by atoms with E-state index in [2.05, 4.69) is 20.4 Å². The van der Waals surface area contributed by atoms with Crippen molar-refractivity contribution in [1.82, 2.24) is 19.7 Å². The molecule has 2 N–H and O–H groups in total. The number of nitrogens with one attached hydrogen (secondary N) is 2. The van der Waals surface area contributed by atoms with Gasteiger partial charge >= 0.3 is 0 Å². The molecule has 0 unspecified atom stereocenters. The summed E-state index contributed by atoms with van der Waals surface area (Å²) in [5.74, 6) is -0.427. The molecule has 3 aliphatic rings. The van der Waals surface area contributed by atoms with Gasteiger partial charge in [0.15, 0.2) is 17.3 Å². The van der Waals surface area contributed by atoms with Gasteiger partial charge in [0.1, 0.15) is 27.9 Å². The SMILES string of the molecule is O=C(NCCN1CCCC1)c1cn2c3c(c(NCCN4CCOCC4)c(F)cc3c1=O)Oc1cc3c(cc1-2)oc1ccccc13. The van der Waals surface area contributed by atoms with Gasteiger partial charge in [0.05, 0.1) is 24.3 Å². The average Bonchev–Trinajstić information content (AvgIpc) is 3.70. The zero-order valence-corrected chi connectivity index (χ0v) is 24.9. The van der Waals surface area contributed by atoms with Crippen molar-refractivity contribution in [2.75, 3.05) is 70.9 Å². The number of morpholine rings is 1. The third kappa shape index (κ3) is 5.01. The quantitative estimate of drug-likeness (QED) is 0.256. The fourth-order valence-corrected chi connectivity index (χ4v) is 6.76. The van der Waals surface area contributed by atoms with Crippen LogP contribution in [0.3, 0.4) is 0 Å². The van der Waals surface area contributed by atoms with Gasteiger partial charge in [-0.05, 0) is 44.1 Å². The summed E-state index contributed by atoms with van der Waals surface area (Å²) in [4.78, 5) is 31.8. The summed E-state index contributed by atoms with van der Waals surface area (Å²) in [6, 6.07) is 12.7. The summed E-state index contributed by atoms with van der Waals surface area (Å²) in [6.07, 6.45) is 3.85. The van der Waals surface area contributed by atoms with Gasteiger partial charge in [-0.25, -0.2) is 4.39 Å². The summed E-state index contributed by atoms with van der Waals surface area (Å²) in [6.45, 7) is 7.30. The van der Waals surface area contributed by atoms with Gasteiger partial charge in [-0.2, -0.15) is 0 Å². The first-order valence-electron chi connectivity index (χ1n) is 15.6. The Balaban J connectivity index is 1.23. The smallest absolute Gasteiger partial charge is 0.256 e. The molecule has 0 atom stereocenters. The Hall–Kier alpha value is -4.45. The van der Waals surface area contributed by atoms with Crippen LogP contribution in [0.15, 0.2) is 57.9 Å². The second-order valence-corrected chi connectivity index (χ2v) is 11.9. The van der Waals surface area contributed by atoms with Gasteiger partial charge in [-0.1, -0.05) is 18.2 Å². The third-order valence-corrected chi connectivity index (χ3v) is 9.12. The van der Waals surface area contributed by atoms with Gasteiger partial charge in [0, 0.05) is 62.3 Å². The van der Waals surface area contributed by atoms with Crippen LogP contribution in [-0.2, 0) is 4.74 Å². The number of halogens is 1. The number of ether oxygens (including phenoxy) is 2. The van der Waals surface area contributed by atoms with Crippen molar-refractivity contribution < 1.29 is 23.1 Å². The lowest BCUT2D eigenvalue weighted by Crippen LogP contribution is -2.39. The number of hydrogen-bond donors (Lipinski definition) is 2. The Bertz CT molecular complexity index is 2010. The number of anilines is 1. The van der Waals surface area contributed by atoms with Gasteiger partial charge in [-0.3, -0.25) is 14.5 Å². The molecule has 0 bridgehead atoms. The van der Waals surface area contributed by atoms with Gasteiger partial charge < -0.3 is 34.0 Å². The maximum atomic E-state index is 15.9. The van der Waals surface area contributed by atoms with Crippen molar-refractivity contribution in [1.29, 1.82) is 0 Å². The van der Waals surface area contributed by atoms with Crippen molar-refractivity contribution in [3.63, 3.8) is 0 Å². The Morgan fingerprint density at radius 1 is 0.889 bits per heavy atom. The van der Waals surface area contributed by atoms with Crippen LogP contribution in [0.1, 0.15) is 23.2 Å². The van der Waals surface area contributed by atoms with E-state index >= 15 is 4.39 Å². The number of benzene rings is 3. The van der Waals surface area contributed by atoms with Crippen molar-refractivity contribution in [3.8, 4) is 17.2 Å². The molecule has 2 aromatic heterocycles. The number of fused-ring (bicyclic) bond motifs is 5. The van der Waals surface area contributed by atoms with Crippen molar-refractivity contribution in [2.24, 2.45) is 0 Å². The van der Waals surface area contributed by atoms with E-state index < -0.39 is 17.2 Å². The number of para-hydroxylation sites is 1. The summed E-state index contributed by atoms with van der Waals surface area (Å²) >= 11 is 0. The number of pyridine rings is 1. The molecule has 0 radical (unpaired) electrons. The molecule has 3 aliphatic heterocycles. The largest absolute Gasteiger partial charge is 0.456 e. The second-order valence-electron chi connectivity index (χ2n) is 11.9. The van der Waals surface area contributed by atoms with Crippen LogP contribution in [0.5, 0.6) is 11.5 Å². The fraction of sp³-hybridized carbons (Fsp3) is 0.353. The molecular formula is C34H34FN5O5. The zero-order valence-electron chi connectivity index (χ0n) is 24.9. The van der Waals surface area contributed by atoms with Crippen LogP contribution in [0.25, 0.3) is 38.5 Å². The maximum Gasteiger partial charge on any atom is 0.256 e. The topological polar surface area (TPSA) is 101 Å². The molecule has 11 heteroatoms. The highest BCUT2D eigenvalue weighted by atomic mass is 19.1. The minimum absolute atomic E-state index is 0.0557. The lowest BCUT2D eigenvalue weighted by atomic mass is 10.0. The first-order chi connectivity index (χ1) is 22.0. The molecule has 10 nitrogen and oxygen atoms in total. The fourth-order valence-electron chi connectivity index (χ4n) is 6.76. The summed E-state index contributed by atoms with van der Waals surface area (Å²) in [7, 11) is 0. The Morgan fingerprint density at radius 3 is 2.51 bits per heavy atom. The number of hydrogen-bond acceptors (Lipinski definition) is 8. The summed E-state index contributed by atoms with van der Waals surface area (Å²) in [5, 5.41) is 8.00. The van der Waals surface area contributed by atoms with Crippen LogP contribution in [0.4, 0.5) is 10.1 Å². The minimum Gasteiger partial charge on any atom is -0.456 e. The molecular weight excluding hydrogens is 577 g/mol. The third-order valence-electron chi connectivity index (χ3n) is 9.12. The van der Waals surface area contributed by atoms with Crippen LogP contribution in [0, 0.1) is 5.82 Å². The Kier molecular flexibility index (Phi) is 7.16. The summed E-state index contributed by atoms with van der Waals surface area (Å²) in [5.41, 5.74) is 1.93. The predicted molar refractivity (Wildman–Crippen MR) is 171 cm³/mol. The van der Waals surface area contributed by atoms with Crippen LogP contribution in [-0.4, -0.2) is 85.8 Å². The average molecular weight is 612 g/mol. The van der Waals surface area contributed by atoms with Crippen LogP contribution in [0.2, 0.25) is 0 Å². The maximum absolute atomic E-state index is 15.9. The van der Waals surface area contributed by atoms with E-state index in [0.717, 1.165) is 55.4 Å². The monoisotopic (exact) mass is 611 g/mol. The van der Waals surface area contributed by atoms with E-state index in [4.69, 9.17) is 13.9 Å². The lowest BCUT2D eigenvalue weighted by molar-refractivity contribution is 0.0398. The van der Waals surface area contributed by atoms with Crippen molar-refractivity contribution in [3.05, 3.63) is 70.3 Å². The van der Waals surface area contributed by atoms with E-state index in [1.165, 1.54) is 6.07 Å². The molecule has 0 aliphatic carbocycles. The normalized spacial score (nSPS) is 16.7. The van der Waals surface area contributed by atoms with Gasteiger partial charge in [-0.15, -0.1) is 0 Å². The predicted octanol–water partition coefficient (Wildman–Crippen LogP) is 4.70. The number of carbonyl (C=O) groups is 1. The lowest BCUT2D eigenvalue weighted by Gasteiger charge is -2.28. The first-order valence-corrected chi connectivity index (χ1v) is 15.6. The van der Waals surface area contributed by atoms with Gasteiger partial charge in [0.2, 0.25) is 5.43 Å². The number of likely N-dealkylation sites (tertiary alicyclic amines) is 1. The van der Waals surface area contributed by atoms with E-state index in [0.29, 0.717) is 61.9 Å². The molecule has 2 saturated heterocycles. The van der Waals surface area contributed by atoms with Crippen LogP contribution >= 0.6 is 0 Å². The molecule has 45 heavy (non-hydrogen) atoms. The highest BCUT2D eigenvalue weighted by molar-refractivity contribution is 6.07. The van der Waals surface area contributed by atoms with Gasteiger partial charge in [0.25, 0.3) is 5.91 Å².